The summed E-state index contributed by atoms with van der Waals surface area (Å²) in [5, 5.41) is 8.34. The molecule has 0 bridgehead atoms. The molecule has 166 valence electrons. The van der Waals surface area contributed by atoms with E-state index < -0.39 is 5.97 Å². The average Bonchev–Trinajstić information content (AvgIpc) is 3.56. The second-order valence-corrected chi connectivity index (χ2v) is 8.09. The van der Waals surface area contributed by atoms with Crippen molar-refractivity contribution in [1.29, 1.82) is 0 Å². The van der Waals surface area contributed by atoms with Gasteiger partial charge in [0.1, 0.15) is 5.76 Å². The third-order valence-electron chi connectivity index (χ3n) is 6.07. The summed E-state index contributed by atoms with van der Waals surface area (Å²) in [6, 6.07) is 7.82. The molecule has 2 atom stereocenters. The van der Waals surface area contributed by atoms with Crippen LogP contribution in [0.5, 0.6) is 0 Å². The van der Waals surface area contributed by atoms with Crippen LogP contribution >= 0.6 is 0 Å². The average molecular weight is 436 g/mol. The highest BCUT2D eigenvalue weighted by atomic mass is 16.5. The molecule has 32 heavy (non-hydrogen) atoms. The van der Waals surface area contributed by atoms with Crippen molar-refractivity contribution in [3.63, 3.8) is 0 Å². The standard InChI is InChI=1S/C22H24N6O4/c1-3-31-21(30)19-14(2)32-22(25-19)27-12-15-10-26(11-16(15)13-27)20(29)17-6-4-5-7-18(17)28-23-8-9-24-28/h4-9,15-16H,3,10-13H2,1-2H3. The topological polar surface area (TPSA) is 107 Å². The smallest absolute Gasteiger partial charge is 0.360 e. The third-order valence-corrected chi connectivity index (χ3v) is 6.07. The van der Waals surface area contributed by atoms with Gasteiger partial charge in [0.15, 0.2) is 5.69 Å². The summed E-state index contributed by atoms with van der Waals surface area (Å²) in [6.45, 7) is 6.52. The van der Waals surface area contributed by atoms with Gasteiger partial charge in [-0.1, -0.05) is 12.1 Å². The van der Waals surface area contributed by atoms with E-state index in [1.165, 1.54) is 4.80 Å². The van der Waals surface area contributed by atoms with E-state index in [1.54, 1.807) is 26.2 Å². The first-order valence-corrected chi connectivity index (χ1v) is 10.7. The van der Waals surface area contributed by atoms with E-state index in [0.717, 1.165) is 13.1 Å². The fourth-order valence-corrected chi connectivity index (χ4v) is 4.56. The normalized spacial score (nSPS) is 19.9. The zero-order valence-corrected chi connectivity index (χ0v) is 18.0. The van der Waals surface area contributed by atoms with Gasteiger partial charge in [0.2, 0.25) is 0 Å². The Bertz CT molecular complexity index is 1130. The lowest BCUT2D eigenvalue weighted by Crippen LogP contribution is -2.34. The van der Waals surface area contributed by atoms with Gasteiger partial charge in [-0.2, -0.15) is 20.0 Å². The van der Waals surface area contributed by atoms with E-state index in [9.17, 15) is 9.59 Å². The summed E-state index contributed by atoms with van der Waals surface area (Å²) in [5.41, 5.74) is 1.48. The van der Waals surface area contributed by atoms with Crippen molar-refractivity contribution in [2.75, 3.05) is 37.7 Å². The second kappa shape index (κ2) is 8.10. The monoisotopic (exact) mass is 436 g/mol. The van der Waals surface area contributed by atoms with Crippen LogP contribution in [0.1, 0.15) is 33.5 Å². The summed E-state index contributed by atoms with van der Waals surface area (Å²) in [4.78, 5) is 35.1. The summed E-state index contributed by atoms with van der Waals surface area (Å²) in [7, 11) is 0. The number of aromatic nitrogens is 4. The predicted octanol–water partition coefficient (Wildman–Crippen LogP) is 1.95. The minimum Gasteiger partial charge on any atom is -0.461 e. The Kier molecular flexibility index (Phi) is 5.12. The molecular formula is C22H24N6O4. The number of rotatable bonds is 5. The van der Waals surface area contributed by atoms with Crippen LogP contribution in [0.3, 0.4) is 0 Å². The molecule has 2 saturated heterocycles. The van der Waals surface area contributed by atoms with Crippen molar-refractivity contribution in [2.24, 2.45) is 11.8 Å². The van der Waals surface area contributed by atoms with Crippen LogP contribution < -0.4 is 4.90 Å². The third kappa shape index (κ3) is 3.51. The molecule has 0 radical (unpaired) electrons. The molecule has 5 rings (SSSR count). The molecular weight excluding hydrogens is 412 g/mol. The molecule has 10 nitrogen and oxygen atoms in total. The molecule has 1 amide bonds. The van der Waals surface area contributed by atoms with Crippen LogP contribution in [-0.2, 0) is 4.74 Å². The van der Waals surface area contributed by atoms with E-state index in [0.29, 0.717) is 48.0 Å². The molecule has 0 N–H and O–H groups in total. The molecule has 2 aliphatic heterocycles. The van der Waals surface area contributed by atoms with Crippen LogP contribution in [0.15, 0.2) is 41.1 Å². The number of oxazole rings is 1. The Hall–Kier alpha value is -3.69. The zero-order chi connectivity index (χ0) is 22.2. The Morgan fingerprint density at radius 3 is 2.47 bits per heavy atom. The Morgan fingerprint density at radius 1 is 1.09 bits per heavy atom. The molecule has 0 aliphatic carbocycles. The number of fused-ring (bicyclic) bond motifs is 1. The first kappa shape index (κ1) is 20.2. The number of hydrogen-bond acceptors (Lipinski definition) is 8. The Morgan fingerprint density at radius 2 is 1.78 bits per heavy atom. The summed E-state index contributed by atoms with van der Waals surface area (Å²) in [5.74, 6) is 0.590. The molecule has 2 aliphatic rings. The van der Waals surface area contributed by atoms with Gasteiger partial charge in [-0.05, 0) is 26.0 Å². The Labute approximate surface area is 184 Å². The van der Waals surface area contributed by atoms with Gasteiger partial charge < -0.3 is 19.0 Å². The largest absolute Gasteiger partial charge is 0.461 e. The SMILES string of the molecule is CCOC(=O)c1nc(N2CC3CN(C(=O)c4ccccc4-n4nccn4)CC3C2)oc1C. The van der Waals surface area contributed by atoms with Crippen LogP contribution in [-0.4, -0.2) is 69.5 Å². The summed E-state index contributed by atoms with van der Waals surface area (Å²) >= 11 is 0. The van der Waals surface area contributed by atoms with Crippen molar-refractivity contribution in [3.05, 3.63) is 53.7 Å². The van der Waals surface area contributed by atoms with Crippen molar-refractivity contribution in [3.8, 4) is 5.69 Å². The molecule has 0 saturated carbocycles. The van der Waals surface area contributed by atoms with Crippen molar-refractivity contribution >= 4 is 17.9 Å². The van der Waals surface area contributed by atoms with E-state index in [1.807, 2.05) is 29.2 Å². The number of para-hydroxylation sites is 1. The van der Waals surface area contributed by atoms with Crippen LogP contribution in [0.2, 0.25) is 0 Å². The number of esters is 1. The van der Waals surface area contributed by atoms with E-state index in [-0.39, 0.29) is 18.2 Å². The fraction of sp³-hybridized carbons (Fsp3) is 0.409. The fourth-order valence-electron chi connectivity index (χ4n) is 4.56. The highest BCUT2D eigenvalue weighted by Gasteiger charge is 2.43. The first-order chi connectivity index (χ1) is 15.5. The molecule has 4 heterocycles. The number of anilines is 1. The van der Waals surface area contributed by atoms with Crippen LogP contribution in [0.25, 0.3) is 5.69 Å². The molecule has 2 aromatic heterocycles. The lowest BCUT2D eigenvalue weighted by molar-refractivity contribution is 0.0518. The summed E-state index contributed by atoms with van der Waals surface area (Å²) < 4.78 is 10.8. The number of hydrogen-bond donors (Lipinski definition) is 0. The highest BCUT2D eigenvalue weighted by Crippen LogP contribution is 2.35. The summed E-state index contributed by atoms with van der Waals surface area (Å²) in [6.07, 6.45) is 3.18. The maximum atomic E-state index is 13.3. The zero-order valence-electron chi connectivity index (χ0n) is 18.0. The predicted molar refractivity (Wildman–Crippen MR) is 114 cm³/mol. The van der Waals surface area contributed by atoms with Gasteiger partial charge in [0.25, 0.3) is 11.9 Å². The van der Waals surface area contributed by atoms with E-state index in [4.69, 9.17) is 9.15 Å². The van der Waals surface area contributed by atoms with E-state index in [2.05, 4.69) is 20.1 Å². The molecule has 0 spiro atoms. The first-order valence-electron chi connectivity index (χ1n) is 10.7. The lowest BCUT2D eigenvalue weighted by Gasteiger charge is -2.21. The van der Waals surface area contributed by atoms with Gasteiger partial charge in [-0.15, -0.1) is 0 Å². The number of aryl methyl sites for hydroxylation is 1. The molecule has 2 unspecified atom stereocenters. The van der Waals surface area contributed by atoms with Gasteiger partial charge in [-0.3, -0.25) is 4.79 Å². The number of carbonyl (C=O) groups excluding carboxylic acids is 2. The second-order valence-electron chi connectivity index (χ2n) is 8.09. The maximum Gasteiger partial charge on any atom is 0.360 e. The molecule has 2 fully saturated rings. The number of likely N-dealkylation sites (tertiary alicyclic amines) is 1. The van der Waals surface area contributed by atoms with Crippen LogP contribution in [0.4, 0.5) is 6.01 Å². The number of nitrogens with zero attached hydrogens (tertiary/aromatic N) is 6. The number of ether oxygens (including phenoxy) is 1. The minimum atomic E-state index is -0.471. The minimum absolute atomic E-state index is 0.0181. The Balaban J connectivity index is 1.28. The van der Waals surface area contributed by atoms with Gasteiger partial charge >= 0.3 is 5.97 Å². The number of amides is 1. The maximum absolute atomic E-state index is 13.3. The number of carbonyl (C=O) groups is 2. The number of benzene rings is 1. The molecule has 3 aromatic rings. The van der Waals surface area contributed by atoms with Gasteiger partial charge in [0.05, 0.1) is 30.3 Å². The van der Waals surface area contributed by atoms with Gasteiger partial charge in [-0.25, -0.2) is 4.79 Å². The highest BCUT2D eigenvalue weighted by molar-refractivity contribution is 5.98. The van der Waals surface area contributed by atoms with Crippen molar-refractivity contribution < 1.29 is 18.7 Å². The lowest BCUT2D eigenvalue weighted by atomic mass is 10.0. The van der Waals surface area contributed by atoms with E-state index >= 15 is 0 Å². The molecule has 10 heteroatoms. The van der Waals surface area contributed by atoms with Gasteiger partial charge in [0, 0.05) is 38.0 Å². The van der Waals surface area contributed by atoms with Crippen molar-refractivity contribution in [1.82, 2.24) is 24.9 Å². The van der Waals surface area contributed by atoms with Crippen molar-refractivity contribution in [2.45, 2.75) is 13.8 Å². The quantitative estimate of drug-likeness (QED) is 0.559. The van der Waals surface area contributed by atoms with Crippen LogP contribution in [0, 0.1) is 18.8 Å². The molecule has 1 aromatic carbocycles.